The van der Waals surface area contributed by atoms with E-state index < -0.39 is 0 Å². The third-order valence-corrected chi connectivity index (χ3v) is 3.88. The van der Waals surface area contributed by atoms with Crippen LogP contribution in [-0.2, 0) is 9.47 Å². The summed E-state index contributed by atoms with van der Waals surface area (Å²) in [6.07, 6.45) is 3.56. The molecular formula is C13H16N4O2S. The van der Waals surface area contributed by atoms with E-state index in [1.165, 1.54) is 11.5 Å². The maximum atomic E-state index is 5.97. The van der Waals surface area contributed by atoms with E-state index in [4.69, 9.17) is 15.2 Å². The Morgan fingerprint density at radius 2 is 2.20 bits per heavy atom. The van der Waals surface area contributed by atoms with E-state index in [0.29, 0.717) is 32.2 Å². The highest BCUT2D eigenvalue weighted by molar-refractivity contribution is 7.11. The van der Waals surface area contributed by atoms with Gasteiger partial charge in [-0.3, -0.25) is 4.98 Å². The monoisotopic (exact) mass is 292 g/mol. The molecule has 1 aliphatic heterocycles. The fraction of sp³-hybridized carbons (Fsp3) is 0.385. The van der Waals surface area contributed by atoms with E-state index in [0.717, 1.165) is 16.1 Å². The SMILES string of the molecule is Nc1nsc(NCC2COCCO2)c1-c1ccncc1. The number of pyridine rings is 1. The first-order chi connectivity index (χ1) is 9.84. The Morgan fingerprint density at radius 1 is 1.35 bits per heavy atom. The number of hydrogen-bond acceptors (Lipinski definition) is 7. The lowest BCUT2D eigenvalue weighted by Gasteiger charge is -2.23. The number of nitrogens with one attached hydrogen (secondary N) is 1. The molecule has 2 aromatic heterocycles. The first-order valence-corrected chi connectivity index (χ1v) is 7.20. The molecular weight excluding hydrogens is 276 g/mol. The van der Waals surface area contributed by atoms with Gasteiger partial charge in [0.25, 0.3) is 0 Å². The fourth-order valence-electron chi connectivity index (χ4n) is 2.08. The standard InChI is InChI=1S/C13H16N4O2S/c14-12-11(9-1-3-15-4-2-9)13(20-17-12)16-7-10-8-18-5-6-19-10/h1-4,10,16H,5-8H2,(H2,14,17). The van der Waals surface area contributed by atoms with Crippen LogP contribution >= 0.6 is 11.5 Å². The number of rotatable bonds is 4. The van der Waals surface area contributed by atoms with Crippen molar-refractivity contribution < 1.29 is 9.47 Å². The lowest BCUT2D eigenvalue weighted by molar-refractivity contribution is -0.0818. The van der Waals surface area contributed by atoms with Gasteiger partial charge < -0.3 is 20.5 Å². The summed E-state index contributed by atoms with van der Waals surface area (Å²) in [7, 11) is 0. The van der Waals surface area contributed by atoms with Crippen molar-refractivity contribution in [3.63, 3.8) is 0 Å². The van der Waals surface area contributed by atoms with Crippen LogP contribution in [0.15, 0.2) is 24.5 Å². The van der Waals surface area contributed by atoms with Crippen LogP contribution in [0, 0.1) is 0 Å². The quantitative estimate of drug-likeness (QED) is 0.891. The summed E-state index contributed by atoms with van der Waals surface area (Å²) >= 11 is 1.36. The second kappa shape index (κ2) is 6.17. The largest absolute Gasteiger partial charge is 0.382 e. The predicted molar refractivity (Wildman–Crippen MR) is 78.8 cm³/mol. The van der Waals surface area contributed by atoms with Crippen LogP contribution in [0.1, 0.15) is 0 Å². The Hall–Kier alpha value is -1.70. The number of nitrogens with zero attached hydrogens (tertiary/aromatic N) is 2. The number of nitrogens with two attached hydrogens (primary N) is 1. The van der Waals surface area contributed by atoms with Crippen molar-refractivity contribution >= 4 is 22.4 Å². The molecule has 2 aromatic rings. The highest BCUT2D eigenvalue weighted by Gasteiger charge is 2.17. The van der Waals surface area contributed by atoms with Gasteiger partial charge in [0.1, 0.15) is 10.8 Å². The summed E-state index contributed by atoms with van der Waals surface area (Å²) < 4.78 is 15.2. The van der Waals surface area contributed by atoms with Gasteiger partial charge in [0.05, 0.1) is 31.5 Å². The molecule has 0 amide bonds. The van der Waals surface area contributed by atoms with Crippen LogP contribution in [0.3, 0.4) is 0 Å². The third-order valence-electron chi connectivity index (χ3n) is 3.06. The fourth-order valence-corrected chi connectivity index (χ4v) is 2.82. The molecule has 3 N–H and O–H groups in total. The molecule has 0 saturated carbocycles. The van der Waals surface area contributed by atoms with E-state index in [-0.39, 0.29) is 6.10 Å². The molecule has 1 aliphatic rings. The summed E-state index contributed by atoms with van der Waals surface area (Å²) in [5, 5.41) is 4.30. The van der Waals surface area contributed by atoms with Crippen molar-refractivity contribution in [2.45, 2.75) is 6.10 Å². The van der Waals surface area contributed by atoms with E-state index in [1.807, 2.05) is 12.1 Å². The zero-order chi connectivity index (χ0) is 13.8. The topological polar surface area (TPSA) is 82.3 Å². The van der Waals surface area contributed by atoms with Crippen LogP contribution in [-0.4, -0.2) is 41.8 Å². The molecule has 1 fully saturated rings. The summed E-state index contributed by atoms with van der Waals surface area (Å²) in [6, 6.07) is 3.84. The average Bonchev–Trinajstić information content (AvgIpc) is 2.88. The number of hydrogen-bond donors (Lipinski definition) is 2. The van der Waals surface area contributed by atoms with Crippen LogP contribution in [0.25, 0.3) is 11.1 Å². The van der Waals surface area contributed by atoms with Crippen molar-refractivity contribution in [1.82, 2.24) is 9.36 Å². The number of nitrogen functional groups attached to an aromatic ring is 1. The minimum absolute atomic E-state index is 0.0670. The van der Waals surface area contributed by atoms with Gasteiger partial charge >= 0.3 is 0 Å². The molecule has 1 atom stereocenters. The summed E-state index contributed by atoms with van der Waals surface area (Å²) in [5.41, 5.74) is 7.90. The van der Waals surface area contributed by atoms with Crippen molar-refractivity contribution in [2.75, 3.05) is 37.4 Å². The molecule has 3 rings (SSSR count). The number of aromatic nitrogens is 2. The zero-order valence-corrected chi connectivity index (χ0v) is 11.7. The molecule has 1 unspecified atom stereocenters. The molecule has 0 bridgehead atoms. The van der Waals surface area contributed by atoms with Gasteiger partial charge in [0.2, 0.25) is 0 Å². The molecule has 106 valence electrons. The van der Waals surface area contributed by atoms with E-state index in [2.05, 4.69) is 14.7 Å². The van der Waals surface area contributed by atoms with Gasteiger partial charge in [0.15, 0.2) is 0 Å². The van der Waals surface area contributed by atoms with Gasteiger partial charge in [-0.15, -0.1) is 0 Å². The van der Waals surface area contributed by atoms with Crippen molar-refractivity contribution in [3.05, 3.63) is 24.5 Å². The first-order valence-electron chi connectivity index (χ1n) is 6.43. The van der Waals surface area contributed by atoms with Gasteiger partial charge in [-0.2, -0.15) is 4.37 Å². The summed E-state index contributed by atoms with van der Waals surface area (Å²) in [6.45, 7) is 2.62. The third kappa shape index (κ3) is 2.90. The normalized spacial score (nSPS) is 18.9. The summed E-state index contributed by atoms with van der Waals surface area (Å²) in [5.74, 6) is 0.532. The van der Waals surface area contributed by atoms with Crippen LogP contribution < -0.4 is 11.1 Å². The van der Waals surface area contributed by atoms with Gasteiger partial charge in [-0.1, -0.05) is 0 Å². The van der Waals surface area contributed by atoms with Crippen LogP contribution in [0.4, 0.5) is 10.8 Å². The molecule has 0 aliphatic carbocycles. The lowest BCUT2D eigenvalue weighted by atomic mass is 10.1. The minimum Gasteiger partial charge on any atom is -0.382 e. The first kappa shape index (κ1) is 13.3. The van der Waals surface area contributed by atoms with Crippen molar-refractivity contribution in [2.24, 2.45) is 0 Å². The highest BCUT2D eigenvalue weighted by Crippen LogP contribution is 2.36. The van der Waals surface area contributed by atoms with E-state index >= 15 is 0 Å². The Bertz CT molecular complexity index is 555. The lowest BCUT2D eigenvalue weighted by Crippen LogP contribution is -2.34. The van der Waals surface area contributed by atoms with Gasteiger partial charge in [-0.05, 0) is 29.2 Å². The molecule has 0 radical (unpaired) electrons. The Morgan fingerprint density at radius 3 is 2.95 bits per heavy atom. The summed E-state index contributed by atoms with van der Waals surface area (Å²) in [4.78, 5) is 4.02. The highest BCUT2D eigenvalue weighted by atomic mass is 32.1. The number of anilines is 2. The molecule has 7 heteroatoms. The number of ether oxygens (including phenoxy) is 2. The molecule has 0 aromatic carbocycles. The van der Waals surface area contributed by atoms with Crippen LogP contribution in [0.5, 0.6) is 0 Å². The zero-order valence-electron chi connectivity index (χ0n) is 10.9. The Kier molecular flexibility index (Phi) is 4.10. The smallest absolute Gasteiger partial charge is 0.147 e. The second-order valence-corrected chi connectivity index (χ2v) is 5.23. The average molecular weight is 292 g/mol. The molecule has 20 heavy (non-hydrogen) atoms. The minimum atomic E-state index is 0.0670. The molecule has 6 nitrogen and oxygen atoms in total. The molecule has 1 saturated heterocycles. The Balaban J connectivity index is 1.74. The van der Waals surface area contributed by atoms with Crippen molar-refractivity contribution in [1.29, 1.82) is 0 Å². The Labute approximate surface area is 121 Å². The van der Waals surface area contributed by atoms with E-state index in [1.54, 1.807) is 12.4 Å². The maximum Gasteiger partial charge on any atom is 0.147 e. The maximum absolute atomic E-state index is 5.97. The molecule has 3 heterocycles. The van der Waals surface area contributed by atoms with Crippen molar-refractivity contribution in [3.8, 4) is 11.1 Å². The van der Waals surface area contributed by atoms with Gasteiger partial charge in [0, 0.05) is 18.9 Å². The second-order valence-electron chi connectivity index (χ2n) is 4.46. The predicted octanol–water partition coefficient (Wildman–Crippen LogP) is 1.61. The van der Waals surface area contributed by atoms with E-state index in [9.17, 15) is 0 Å². The molecule has 0 spiro atoms. The van der Waals surface area contributed by atoms with Crippen LogP contribution in [0.2, 0.25) is 0 Å². The van der Waals surface area contributed by atoms with Gasteiger partial charge in [-0.25, -0.2) is 0 Å².